The number of benzene rings is 2. The second-order valence-electron chi connectivity index (χ2n) is 7.47. The van der Waals surface area contributed by atoms with Crippen molar-refractivity contribution < 1.29 is 4.79 Å². The van der Waals surface area contributed by atoms with Crippen molar-refractivity contribution in [1.29, 1.82) is 0 Å². The number of aromatic nitrogens is 4. The summed E-state index contributed by atoms with van der Waals surface area (Å²) in [5, 5.41) is 13.2. The maximum atomic E-state index is 11.9. The highest BCUT2D eigenvalue weighted by molar-refractivity contribution is 7.98. The first kappa shape index (κ1) is 22.5. The van der Waals surface area contributed by atoms with E-state index in [0.29, 0.717) is 17.2 Å². The Kier molecular flexibility index (Phi) is 6.93. The molecule has 0 N–H and O–H groups in total. The monoisotopic (exact) mass is 483 g/mol. The molecule has 9 heteroatoms. The first-order valence-corrected chi connectivity index (χ1v) is 12.2. The molecule has 0 saturated heterocycles. The Hall–Kier alpha value is -2.68. The van der Waals surface area contributed by atoms with E-state index in [1.54, 1.807) is 30.8 Å². The van der Waals surface area contributed by atoms with E-state index in [1.165, 1.54) is 16.9 Å². The maximum absolute atomic E-state index is 11.9. The fourth-order valence-corrected chi connectivity index (χ4v) is 4.86. The third-order valence-corrected chi connectivity index (χ3v) is 6.89. The van der Waals surface area contributed by atoms with Gasteiger partial charge in [-0.25, -0.2) is 4.98 Å². The van der Waals surface area contributed by atoms with Crippen molar-refractivity contribution in [1.82, 2.24) is 24.6 Å². The SMILES string of the molecule is Cc1ccc(-n2c(SCc3csc(CC(=O)N(C)C)n3)nnc2-c2ccc(Cl)cc2)cc1. The summed E-state index contributed by atoms with van der Waals surface area (Å²) in [5.74, 6) is 1.44. The molecule has 1 amide bonds. The van der Waals surface area contributed by atoms with E-state index < -0.39 is 0 Å². The molecule has 4 rings (SSSR count). The topological polar surface area (TPSA) is 63.9 Å². The number of thioether (sulfide) groups is 1. The van der Waals surface area contributed by atoms with Gasteiger partial charge in [0.2, 0.25) is 5.91 Å². The van der Waals surface area contributed by atoms with Gasteiger partial charge in [-0.3, -0.25) is 9.36 Å². The summed E-state index contributed by atoms with van der Waals surface area (Å²) in [4.78, 5) is 18.1. The van der Waals surface area contributed by atoms with Gasteiger partial charge in [0.05, 0.1) is 12.1 Å². The summed E-state index contributed by atoms with van der Waals surface area (Å²) in [6.45, 7) is 2.06. The first-order valence-electron chi connectivity index (χ1n) is 9.95. The summed E-state index contributed by atoms with van der Waals surface area (Å²) in [6, 6.07) is 15.9. The van der Waals surface area contributed by atoms with Gasteiger partial charge in [-0.05, 0) is 43.3 Å². The molecule has 0 spiro atoms. The van der Waals surface area contributed by atoms with Crippen molar-refractivity contribution >= 4 is 40.6 Å². The zero-order valence-electron chi connectivity index (χ0n) is 17.9. The highest BCUT2D eigenvalue weighted by Gasteiger charge is 2.17. The van der Waals surface area contributed by atoms with E-state index >= 15 is 0 Å². The van der Waals surface area contributed by atoms with E-state index in [0.717, 1.165) is 32.9 Å². The summed E-state index contributed by atoms with van der Waals surface area (Å²) < 4.78 is 2.05. The second kappa shape index (κ2) is 9.85. The zero-order chi connectivity index (χ0) is 22.7. The molecule has 164 valence electrons. The van der Waals surface area contributed by atoms with Gasteiger partial charge >= 0.3 is 0 Å². The van der Waals surface area contributed by atoms with E-state index in [1.807, 2.05) is 29.6 Å². The Bertz CT molecular complexity index is 1220. The molecule has 2 aromatic heterocycles. The minimum atomic E-state index is 0.0465. The summed E-state index contributed by atoms with van der Waals surface area (Å²) in [5.41, 5.74) is 4.04. The lowest BCUT2D eigenvalue weighted by Crippen LogP contribution is -2.23. The van der Waals surface area contributed by atoms with Crippen molar-refractivity contribution in [2.24, 2.45) is 0 Å². The number of thiazole rings is 1. The Labute approximate surface area is 200 Å². The van der Waals surface area contributed by atoms with E-state index in [4.69, 9.17) is 11.6 Å². The fourth-order valence-electron chi connectivity index (χ4n) is 3.00. The fraction of sp³-hybridized carbons (Fsp3) is 0.217. The van der Waals surface area contributed by atoms with Gasteiger partial charge in [0, 0.05) is 41.5 Å². The Morgan fingerprint density at radius 1 is 1.09 bits per heavy atom. The van der Waals surface area contributed by atoms with Crippen LogP contribution < -0.4 is 0 Å². The number of nitrogens with zero attached hydrogens (tertiary/aromatic N) is 5. The third-order valence-electron chi connectivity index (χ3n) is 4.78. The van der Waals surface area contributed by atoms with Crippen molar-refractivity contribution in [3.8, 4) is 17.1 Å². The summed E-state index contributed by atoms with van der Waals surface area (Å²) >= 11 is 9.15. The standard InChI is InChI=1S/C23H22ClN5OS2/c1-15-4-10-19(11-5-15)29-22(16-6-8-17(24)9-7-16)26-27-23(29)32-14-18-13-31-20(25-18)12-21(30)28(2)3/h4-11,13H,12,14H2,1-3H3. The van der Waals surface area contributed by atoms with Crippen molar-refractivity contribution in [3.63, 3.8) is 0 Å². The van der Waals surface area contributed by atoms with E-state index in [-0.39, 0.29) is 5.91 Å². The number of halogens is 1. The van der Waals surface area contributed by atoms with E-state index in [2.05, 4.69) is 50.9 Å². The quantitative estimate of drug-likeness (QED) is 0.335. The molecule has 6 nitrogen and oxygen atoms in total. The van der Waals surface area contributed by atoms with Crippen LogP contribution in [0.4, 0.5) is 0 Å². The molecule has 0 aliphatic rings. The smallest absolute Gasteiger partial charge is 0.228 e. The molecule has 4 aromatic rings. The van der Waals surface area contributed by atoms with Gasteiger partial charge in [0.25, 0.3) is 0 Å². The van der Waals surface area contributed by atoms with Gasteiger partial charge in [0.1, 0.15) is 5.01 Å². The highest BCUT2D eigenvalue weighted by Crippen LogP contribution is 2.30. The normalized spacial score (nSPS) is 11.0. The van der Waals surface area contributed by atoms with Crippen LogP contribution in [0.1, 0.15) is 16.3 Å². The Morgan fingerprint density at radius 2 is 1.81 bits per heavy atom. The molecule has 0 atom stereocenters. The van der Waals surface area contributed by atoms with Gasteiger partial charge < -0.3 is 4.90 Å². The predicted molar refractivity (Wildman–Crippen MR) is 131 cm³/mol. The molecule has 2 heterocycles. The van der Waals surface area contributed by atoms with Gasteiger partial charge in [0.15, 0.2) is 11.0 Å². The Morgan fingerprint density at radius 3 is 2.50 bits per heavy atom. The third kappa shape index (κ3) is 5.20. The number of carbonyl (C=O) groups is 1. The second-order valence-corrected chi connectivity index (χ2v) is 9.79. The van der Waals surface area contributed by atoms with E-state index in [9.17, 15) is 4.79 Å². The molecule has 0 unspecified atom stereocenters. The molecular formula is C23H22ClN5OS2. The van der Waals surface area contributed by atoms with Crippen LogP contribution in [-0.2, 0) is 17.0 Å². The number of likely N-dealkylation sites (N-methyl/N-ethyl adjacent to an activating group) is 1. The van der Waals surface area contributed by atoms with Gasteiger partial charge in [-0.1, -0.05) is 41.1 Å². The minimum Gasteiger partial charge on any atom is -0.348 e. The molecule has 0 bridgehead atoms. The lowest BCUT2D eigenvalue weighted by atomic mass is 10.2. The molecule has 2 aromatic carbocycles. The van der Waals surface area contributed by atoms with Crippen molar-refractivity contribution in [3.05, 3.63) is 75.2 Å². The molecule has 0 aliphatic carbocycles. The van der Waals surface area contributed by atoms with Crippen LogP contribution in [0, 0.1) is 6.92 Å². The van der Waals surface area contributed by atoms with Gasteiger partial charge in [-0.2, -0.15) is 0 Å². The minimum absolute atomic E-state index is 0.0465. The maximum Gasteiger partial charge on any atom is 0.228 e. The van der Waals surface area contributed by atoms with Crippen LogP contribution in [0.3, 0.4) is 0 Å². The largest absolute Gasteiger partial charge is 0.348 e. The average molecular weight is 484 g/mol. The summed E-state index contributed by atoms with van der Waals surface area (Å²) in [7, 11) is 3.51. The average Bonchev–Trinajstić information content (AvgIpc) is 3.40. The molecule has 0 fully saturated rings. The van der Waals surface area contributed by atoms with Crippen LogP contribution in [0.25, 0.3) is 17.1 Å². The highest BCUT2D eigenvalue weighted by atomic mass is 35.5. The molecule has 32 heavy (non-hydrogen) atoms. The number of aryl methyl sites for hydroxylation is 1. The number of carbonyl (C=O) groups excluding carboxylic acids is 1. The van der Waals surface area contributed by atoms with Crippen LogP contribution in [0.5, 0.6) is 0 Å². The molecule has 0 radical (unpaired) electrons. The van der Waals surface area contributed by atoms with Gasteiger partial charge in [-0.15, -0.1) is 21.5 Å². The Balaban J connectivity index is 1.60. The molecular weight excluding hydrogens is 462 g/mol. The van der Waals surface area contributed by atoms with Crippen LogP contribution in [-0.4, -0.2) is 44.7 Å². The zero-order valence-corrected chi connectivity index (χ0v) is 20.3. The lowest BCUT2D eigenvalue weighted by Gasteiger charge is -2.10. The number of hydrogen-bond donors (Lipinski definition) is 0. The summed E-state index contributed by atoms with van der Waals surface area (Å²) in [6.07, 6.45) is 0.322. The first-order chi connectivity index (χ1) is 15.4. The van der Waals surface area contributed by atoms with Crippen LogP contribution in [0.2, 0.25) is 5.02 Å². The lowest BCUT2D eigenvalue weighted by molar-refractivity contribution is -0.127. The molecule has 0 aliphatic heterocycles. The number of amides is 1. The van der Waals surface area contributed by atoms with Crippen molar-refractivity contribution in [2.45, 2.75) is 24.3 Å². The van der Waals surface area contributed by atoms with Crippen LogP contribution >= 0.6 is 34.7 Å². The number of rotatable bonds is 7. The predicted octanol–water partition coefficient (Wildman–Crippen LogP) is 5.28. The van der Waals surface area contributed by atoms with Crippen molar-refractivity contribution in [2.75, 3.05) is 14.1 Å². The number of hydrogen-bond acceptors (Lipinski definition) is 6. The molecule has 0 saturated carbocycles. The van der Waals surface area contributed by atoms with Crippen LogP contribution in [0.15, 0.2) is 59.1 Å².